The quantitative estimate of drug-likeness (QED) is 0.346. The summed E-state index contributed by atoms with van der Waals surface area (Å²) in [5.41, 5.74) is 2.62. The van der Waals surface area contributed by atoms with Crippen LogP contribution in [0.4, 0.5) is 0 Å². The Balaban J connectivity index is 3.71. The van der Waals surface area contributed by atoms with Gasteiger partial charge in [0, 0.05) is 0 Å². The molecule has 0 rings (SSSR count). The Morgan fingerprint density at radius 1 is 1.15 bits per heavy atom. The predicted molar refractivity (Wildman–Crippen MR) is 57.7 cm³/mol. The molecule has 0 aliphatic carbocycles. The average Bonchev–Trinajstić information content (AvgIpc) is 2.05. The zero-order valence-corrected chi connectivity index (χ0v) is 8.97. The molecule has 0 aromatic rings. The third kappa shape index (κ3) is 7.51. The molecule has 0 fully saturated rings. The van der Waals surface area contributed by atoms with E-state index < -0.39 is 0 Å². The molecule has 0 atom stereocenters. The molecule has 0 aliphatic heterocycles. The molecule has 1 heteroatoms. The molecule has 0 saturated heterocycles. The number of allylic oxidation sites excluding steroid dienone is 4. The predicted octanol–water partition coefficient (Wildman–Crippen LogP) is 3.66. The van der Waals surface area contributed by atoms with Crippen LogP contribution in [0.1, 0.15) is 46.5 Å². The van der Waals surface area contributed by atoms with Gasteiger partial charge in [-0.1, -0.05) is 30.6 Å². The average molecular weight is 180 g/mol. The number of carbonyl (C=O) groups excluding carboxylic acids is 1. The van der Waals surface area contributed by atoms with Crippen molar-refractivity contribution in [1.82, 2.24) is 0 Å². The van der Waals surface area contributed by atoms with E-state index in [0.717, 1.165) is 24.7 Å². The highest BCUT2D eigenvalue weighted by molar-refractivity contribution is 5.65. The second-order valence-electron chi connectivity index (χ2n) is 3.49. The Kier molecular flexibility index (Phi) is 7.27. The SMILES string of the molecule is CCC/C(C)=C\CC/C(C)=C\C=O. The van der Waals surface area contributed by atoms with E-state index in [1.165, 1.54) is 18.4 Å². The van der Waals surface area contributed by atoms with Crippen molar-refractivity contribution >= 4 is 6.29 Å². The van der Waals surface area contributed by atoms with Crippen LogP contribution in [0.3, 0.4) is 0 Å². The third-order valence-electron chi connectivity index (χ3n) is 2.03. The first-order valence-electron chi connectivity index (χ1n) is 4.97. The molecule has 0 saturated carbocycles. The van der Waals surface area contributed by atoms with Crippen molar-refractivity contribution in [2.75, 3.05) is 0 Å². The third-order valence-corrected chi connectivity index (χ3v) is 2.03. The maximum absolute atomic E-state index is 10.1. The van der Waals surface area contributed by atoms with E-state index >= 15 is 0 Å². The van der Waals surface area contributed by atoms with Crippen molar-refractivity contribution in [3.05, 3.63) is 23.3 Å². The summed E-state index contributed by atoms with van der Waals surface area (Å²) in [5.74, 6) is 0. The summed E-state index contributed by atoms with van der Waals surface area (Å²) in [6, 6.07) is 0. The van der Waals surface area contributed by atoms with E-state index in [2.05, 4.69) is 19.9 Å². The monoisotopic (exact) mass is 180 g/mol. The molecule has 0 aliphatic rings. The molecule has 0 bridgehead atoms. The lowest BCUT2D eigenvalue weighted by molar-refractivity contribution is -0.104. The Hall–Kier alpha value is -0.850. The summed E-state index contributed by atoms with van der Waals surface area (Å²) in [7, 11) is 0. The van der Waals surface area contributed by atoms with Crippen LogP contribution in [-0.2, 0) is 4.79 Å². The minimum Gasteiger partial charge on any atom is -0.299 e. The van der Waals surface area contributed by atoms with Gasteiger partial charge in [-0.05, 0) is 39.2 Å². The molecule has 13 heavy (non-hydrogen) atoms. The van der Waals surface area contributed by atoms with Gasteiger partial charge in [-0.2, -0.15) is 0 Å². The smallest absolute Gasteiger partial charge is 0.142 e. The molecule has 0 unspecified atom stereocenters. The van der Waals surface area contributed by atoms with Crippen LogP contribution in [0.15, 0.2) is 23.3 Å². The van der Waals surface area contributed by atoms with Crippen LogP contribution < -0.4 is 0 Å². The van der Waals surface area contributed by atoms with E-state index in [0.29, 0.717) is 0 Å². The van der Waals surface area contributed by atoms with E-state index in [1.54, 1.807) is 6.08 Å². The van der Waals surface area contributed by atoms with Crippen molar-refractivity contribution < 1.29 is 4.79 Å². The van der Waals surface area contributed by atoms with Crippen LogP contribution in [0.5, 0.6) is 0 Å². The fourth-order valence-corrected chi connectivity index (χ4v) is 1.24. The summed E-state index contributed by atoms with van der Waals surface area (Å²) in [6.45, 7) is 6.36. The molecular formula is C12H20O. The number of hydrogen-bond donors (Lipinski definition) is 0. The molecule has 0 spiro atoms. The Labute approximate surface area is 81.5 Å². The van der Waals surface area contributed by atoms with Gasteiger partial charge in [0.2, 0.25) is 0 Å². The molecule has 0 N–H and O–H groups in total. The first-order valence-corrected chi connectivity index (χ1v) is 4.97. The van der Waals surface area contributed by atoms with E-state index in [-0.39, 0.29) is 0 Å². The lowest BCUT2D eigenvalue weighted by Crippen LogP contribution is -1.79. The van der Waals surface area contributed by atoms with Gasteiger partial charge in [0.15, 0.2) is 0 Å². The van der Waals surface area contributed by atoms with Crippen LogP contribution in [0.25, 0.3) is 0 Å². The van der Waals surface area contributed by atoms with Crippen molar-refractivity contribution in [1.29, 1.82) is 0 Å². The van der Waals surface area contributed by atoms with Crippen molar-refractivity contribution in [2.45, 2.75) is 46.5 Å². The van der Waals surface area contributed by atoms with Crippen molar-refractivity contribution in [2.24, 2.45) is 0 Å². The molecule has 0 aromatic heterocycles. The van der Waals surface area contributed by atoms with Gasteiger partial charge in [-0.3, -0.25) is 4.79 Å². The summed E-state index contributed by atoms with van der Waals surface area (Å²) in [4.78, 5) is 10.1. The summed E-state index contributed by atoms with van der Waals surface area (Å²) in [6.07, 6.45) is 9.23. The highest BCUT2D eigenvalue weighted by atomic mass is 16.1. The first-order chi connectivity index (χ1) is 6.20. The Morgan fingerprint density at radius 3 is 2.38 bits per heavy atom. The van der Waals surface area contributed by atoms with Gasteiger partial charge in [0.05, 0.1) is 0 Å². The number of rotatable bonds is 6. The largest absolute Gasteiger partial charge is 0.299 e. The zero-order valence-electron chi connectivity index (χ0n) is 8.97. The minimum absolute atomic E-state index is 0.859. The molecule has 1 nitrogen and oxygen atoms in total. The Morgan fingerprint density at radius 2 is 1.85 bits per heavy atom. The van der Waals surface area contributed by atoms with E-state index in [1.807, 2.05) is 6.92 Å². The fraction of sp³-hybridized carbons (Fsp3) is 0.583. The number of hydrogen-bond acceptors (Lipinski definition) is 1. The van der Waals surface area contributed by atoms with Gasteiger partial charge < -0.3 is 0 Å². The highest BCUT2D eigenvalue weighted by Gasteiger charge is 1.89. The van der Waals surface area contributed by atoms with Crippen molar-refractivity contribution in [3.8, 4) is 0 Å². The van der Waals surface area contributed by atoms with Crippen molar-refractivity contribution in [3.63, 3.8) is 0 Å². The van der Waals surface area contributed by atoms with Crippen LogP contribution in [-0.4, -0.2) is 6.29 Å². The summed E-state index contributed by atoms with van der Waals surface area (Å²) >= 11 is 0. The lowest BCUT2D eigenvalue weighted by Gasteiger charge is -1.98. The maximum Gasteiger partial charge on any atom is 0.142 e. The molecule has 0 heterocycles. The topological polar surface area (TPSA) is 17.1 Å². The minimum atomic E-state index is 0.859. The Bertz CT molecular complexity index is 199. The molecular weight excluding hydrogens is 160 g/mol. The standard InChI is InChI=1S/C12H20O/c1-4-6-11(2)7-5-8-12(3)9-10-13/h7,9-10H,4-6,8H2,1-3H3/b11-7-,12-9-. The number of aldehydes is 1. The lowest BCUT2D eigenvalue weighted by atomic mass is 10.1. The first kappa shape index (κ1) is 12.2. The second kappa shape index (κ2) is 7.78. The molecule has 0 aromatic carbocycles. The van der Waals surface area contributed by atoms with Crippen LogP contribution >= 0.6 is 0 Å². The molecule has 0 amide bonds. The number of carbonyl (C=O) groups is 1. The van der Waals surface area contributed by atoms with Gasteiger partial charge >= 0.3 is 0 Å². The van der Waals surface area contributed by atoms with Gasteiger partial charge in [-0.15, -0.1) is 0 Å². The van der Waals surface area contributed by atoms with Gasteiger partial charge in [-0.25, -0.2) is 0 Å². The fourth-order valence-electron chi connectivity index (χ4n) is 1.24. The maximum atomic E-state index is 10.1. The molecule has 0 radical (unpaired) electrons. The summed E-state index contributed by atoms with van der Waals surface area (Å²) in [5, 5.41) is 0. The van der Waals surface area contributed by atoms with Crippen LogP contribution in [0.2, 0.25) is 0 Å². The second-order valence-corrected chi connectivity index (χ2v) is 3.49. The van der Waals surface area contributed by atoms with Gasteiger partial charge in [0.25, 0.3) is 0 Å². The van der Waals surface area contributed by atoms with E-state index in [4.69, 9.17) is 0 Å². The molecule has 74 valence electrons. The van der Waals surface area contributed by atoms with Crippen LogP contribution in [0, 0.1) is 0 Å². The summed E-state index contributed by atoms with van der Waals surface area (Å²) < 4.78 is 0. The van der Waals surface area contributed by atoms with E-state index in [9.17, 15) is 4.79 Å². The van der Waals surface area contributed by atoms with Gasteiger partial charge in [0.1, 0.15) is 6.29 Å². The normalized spacial score (nSPS) is 13.2. The zero-order chi connectivity index (χ0) is 10.1. The highest BCUT2D eigenvalue weighted by Crippen LogP contribution is 2.09.